The van der Waals surface area contributed by atoms with Gasteiger partial charge in [-0.1, -0.05) is 54.6 Å². The first kappa shape index (κ1) is 25.6. The molecule has 1 aliphatic heterocycles. The first-order chi connectivity index (χ1) is 14.8. The third-order valence-electron chi connectivity index (χ3n) is 4.94. The van der Waals surface area contributed by atoms with E-state index in [9.17, 15) is 0 Å². The molecule has 1 atom stereocenters. The molecule has 0 radical (unpaired) electrons. The molecule has 1 fully saturated rings. The first-order valence-electron chi connectivity index (χ1n) is 10.7. The average molecular weight is 539 g/mol. The van der Waals surface area contributed by atoms with Crippen molar-refractivity contribution in [2.75, 3.05) is 33.4 Å². The Labute approximate surface area is 202 Å². The quantitative estimate of drug-likeness (QED) is 0.197. The summed E-state index contributed by atoms with van der Waals surface area (Å²) in [5.74, 6) is 0.800. The minimum atomic E-state index is 0. The molecule has 1 heterocycles. The van der Waals surface area contributed by atoms with Gasteiger partial charge in [0, 0.05) is 33.4 Å². The zero-order chi connectivity index (χ0) is 20.9. The first-order valence-corrected chi connectivity index (χ1v) is 10.7. The van der Waals surface area contributed by atoms with Gasteiger partial charge in [0.15, 0.2) is 5.96 Å². The molecule has 6 nitrogen and oxygen atoms in total. The number of nitrogens with one attached hydrogen (secondary N) is 2. The van der Waals surface area contributed by atoms with Crippen LogP contribution in [0.1, 0.15) is 29.5 Å². The van der Waals surface area contributed by atoms with Crippen LogP contribution in [0.15, 0.2) is 59.6 Å². The van der Waals surface area contributed by atoms with Gasteiger partial charge >= 0.3 is 0 Å². The Bertz CT molecular complexity index is 750. The number of hydrogen-bond donors (Lipinski definition) is 2. The van der Waals surface area contributed by atoms with E-state index in [2.05, 4.69) is 52.0 Å². The molecule has 1 unspecified atom stereocenters. The third kappa shape index (κ3) is 9.99. The van der Waals surface area contributed by atoms with E-state index in [1.54, 1.807) is 7.05 Å². The van der Waals surface area contributed by atoms with Gasteiger partial charge in [-0.3, -0.25) is 4.99 Å². The Morgan fingerprint density at radius 3 is 2.39 bits per heavy atom. The lowest BCUT2D eigenvalue weighted by Gasteiger charge is -2.13. The summed E-state index contributed by atoms with van der Waals surface area (Å²) in [4.78, 5) is 4.28. The molecule has 0 spiro atoms. The molecule has 1 saturated heterocycles. The lowest BCUT2D eigenvalue weighted by molar-refractivity contribution is 0.0420. The van der Waals surface area contributed by atoms with Crippen LogP contribution in [-0.4, -0.2) is 45.5 Å². The predicted octanol–water partition coefficient (Wildman–Crippen LogP) is 3.88. The van der Waals surface area contributed by atoms with E-state index in [-0.39, 0.29) is 30.1 Å². The smallest absolute Gasteiger partial charge is 0.191 e. The maximum absolute atomic E-state index is 5.80. The summed E-state index contributed by atoms with van der Waals surface area (Å²) in [6.45, 7) is 5.08. The SMILES string of the molecule is CN=C(NCCCOC1CCOC1)NCc1ccc(COCc2ccccc2)cc1.I. The molecule has 1 aliphatic rings. The molecule has 0 saturated carbocycles. The number of rotatable bonds is 11. The highest BCUT2D eigenvalue weighted by Crippen LogP contribution is 2.09. The fourth-order valence-electron chi connectivity index (χ4n) is 3.19. The van der Waals surface area contributed by atoms with Crippen LogP contribution >= 0.6 is 24.0 Å². The number of nitrogens with zero attached hydrogens (tertiary/aromatic N) is 1. The highest BCUT2D eigenvalue weighted by Gasteiger charge is 2.15. The lowest BCUT2D eigenvalue weighted by atomic mass is 10.1. The molecule has 31 heavy (non-hydrogen) atoms. The Morgan fingerprint density at radius 1 is 1.00 bits per heavy atom. The molecule has 2 aromatic rings. The van der Waals surface area contributed by atoms with Crippen LogP contribution in [0.25, 0.3) is 0 Å². The molecule has 0 aliphatic carbocycles. The van der Waals surface area contributed by atoms with E-state index in [4.69, 9.17) is 14.2 Å². The monoisotopic (exact) mass is 539 g/mol. The Kier molecular flexibility index (Phi) is 12.5. The normalized spacial score (nSPS) is 16.0. The van der Waals surface area contributed by atoms with E-state index in [0.717, 1.165) is 51.7 Å². The van der Waals surface area contributed by atoms with Crippen molar-refractivity contribution in [3.8, 4) is 0 Å². The molecule has 0 bridgehead atoms. The van der Waals surface area contributed by atoms with Crippen molar-refractivity contribution in [2.45, 2.75) is 38.7 Å². The Hall–Kier alpha value is -1.68. The molecular formula is C24H34IN3O3. The van der Waals surface area contributed by atoms with Crippen molar-refractivity contribution < 1.29 is 14.2 Å². The van der Waals surface area contributed by atoms with Crippen molar-refractivity contribution in [3.63, 3.8) is 0 Å². The molecule has 0 aromatic heterocycles. The summed E-state index contributed by atoms with van der Waals surface area (Å²) >= 11 is 0. The maximum Gasteiger partial charge on any atom is 0.191 e. The van der Waals surface area contributed by atoms with Gasteiger partial charge in [-0.15, -0.1) is 24.0 Å². The van der Waals surface area contributed by atoms with E-state index < -0.39 is 0 Å². The Morgan fingerprint density at radius 2 is 1.71 bits per heavy atom. The molecule has 2 N–H and O–H groups in total. The van der Waals surface area contributed by atoms with Crippen molar-refractivity contribution in [1.82, 2.24) is 10.6 Å². The number of ether oxygens (including phenoxy) is 3. The maximum atomic E-state index is 5.80. The van der Waals surface area contributed by atoms with Crippen molar-refractivity contribution in [3.05, 3.63) is 71.3 Å². The van der Waals surface area contributed by atoms with E-state index in [1.165, 1.54) is 16.7 Å². The zero-order valence-corrected chi connectivity index (χ0v) is 20.5. The molecular weight excluding hydrogens is 505 g/mol. The fraction of sp³-hybridized carbons (Fsp3) is 0.458. The van der Waals surface area contributed by atoms with Gasteiger partial charge in [0.1, 0.15) is 0 Å². The fourth-order valence-corrected chi connectivity index (χ4v) is 3.19. The van der Waals surface area contributed by atoms with Crippen LogP contribution in [0.2, 0.25) is 0 Å². The minimum absolute atomic E-state index is 0. The van der Waals surface area contributed by atoms with Crippen molar-refractivity contribution >= 4 is 29.9 Å². The number of hydrogen-bond acceptors (Lipinski definition) is 4. The second-order valence-electron chi connectivity index (χ2n) is 7.36. The number of aliphatic imine (C=N–C) groups is 1. The molecule has 2 aromatic carbocycles. The highest BCUT2D eigenvalue weighted by molar-refractivity contribution is 14.0. The molecule has 7 heteroatoms. The molecule has 170 valence electrons. The van der Waals surface area contributed by atoms with Crippen LogP contribution in [-0.2, 0) is 34.0 Å². The summed E-state index contributed by atoms with van der Waals surface area (Å²) in [7, 11) is 1.79. The van der Waals surface area contributed by atoms with E-state index >= 15 is 0 Å². The second kappa shape index (κ2) is 15.2. The zero-order valence-electron chi connectivity index (χ0n) is 18.2. The Balaban J connectivity index is 0.00000341. The topological polar surface area (TPSA) is 64.1 Å². The van der Waals surface area contributed by atoms with Crippen LogP contribution in [0.4, 0.5) is 0 Å². The average Bonchev–Trinajstić information content (AvgIpc) is 3.31. The summed E-state index contributed by atoms with van der Waals surface area (Å²) < 4.78 is 16.9. The molecule has 3 rings (SSSR count). The van der Waals surface area contributed by atoms with Crippen molar-refractivity contribution in [2.24, 2.45) is 4.99 Å². The summed E-state index contributed by atoms with van der Waals surface area (Å²) in [6.07, 6.45) is 2.22. The standard InChI is InChI=1S/C24H33N3O3.HI/c1-25-24(26-13-5-14-30-23-12-15-28-19-23)27-16-20-8-10-22(11-9-20)18-29-17-21-6-3-2-4-7-21;/h2-4,6-11,23H,5,12-19H2,1H3,(H2,25,26,27);1H. The van der Waals surface area contributed by atoms with Gasteiger partial charge in [-0.2, -0.15) is 0 Å². The van der Waals surface area contributed by atoms with Crippen LogP contribution in [0.5, 0.6) is 0 Å². The van der Waals surface area contributed by atoms with Gasteiger partial charge in [-0.25, -0.2) is 0 Å². The van der Waals surface area contributed by atoms with Gasteiger partial charge < -0.3 is 24.8 Å². The minimum Gasteiger partial charge on any atom is -0.379 e. The number of benzene rings is 2. The van der Waals surface area contributed by atoms with Crippen molar-refractivity contribution in [1.29, 1.82) is 0 Å². The highest BCUT2D eigenvalue weighted by atomic mass is 127. The van der Waals surface area contributed by atoms with Gasteiger partial charge in [0.25, 0.3) is 0 Å². The largest absolute Gasteiger partial charge is 0.379 e. The summed E-state index contributed by atoms with van der Waals surface area (Å²) in [5, 5.41) is 6.68. The van der Waals surface area contributed by atoms with Crippen LogP contribution < -0.4 is 10.6 Å². The summed E-state index contributed by atoms with van der Waals surface area (Å²) in [5.41, 5.74) is 3.57. The van der Waals surface area contributed by atoms with E-state index in [0.29, 0.717) is 13.2 Å². The summed E-state index contributed by atoms with van der Waals surface area (Å²) in [6, 6.07) is 18.7. The lowest BCUT2D eigenvalue weighted by Crippen LogP contribution is -2.37. The van der Waals surface area contributed by atoms with E-state index in [1.807, 2.05) is 18.2 Å². The number of guanidine groups is 1. The van der Waals surface area contributed by atoms with Crippen LogP contribution in [0, 0.1) is 0 Å². The van der Waals surface area contributed by atoms with Gasteiger partial charge in [0.05, 0.1) is 25.9 Å². The van der Waals surface area contributed by atoms with Gasteiger partial charge in [-0.05, 0) is 29.5 Å². The van der Waals surface area contributed by atoms with Crippen LogP contribution in [0.3, 0.4) is 0 Å². The number of halogens is 1. The second-order valence-corrected chi connectivity index (χ2v) is 7.36. The predicted molar refractivity (Wildman–Crippen MR) is 135 cm³/mol. The molecule has 0 amide bonds. The van der Waals surface area contributed by atoms with Gasteiger partial charge in [0.2, 0.25) is 0 Å². The third-order valence-corrected chi connectivity index (χ3v) is 4.94.